The highest BCUT2D eigenvalue weighted by Crippen LogP contribution is 2.32. The Kier molecular flexibility index (Phi) is 4.63. The molecule has 0 aromatic heterocycles. The Balaban J connectivity index is 1.70. The van der Waals surface area contributed by atoms with Gasteiger partial charge in [0.2, 0.25) is 5.17 Å². The van der Waals surface area contributed by atoms with Crippen LogP contribution in [0.25, 0.3) is 6.08 Å². The van der Waals surface area contributed by atoms with Crippen LogP contribution >= 0.6 is 35.0 Å². The SMILES string of the molecule is Cc1ccc(C2=NN3C(=N)/C(=C/c4ccc(Cl)cc4Cl)C(=O)N=C3S2)cc1. The van der Waals surface area contributed by atoms with Gasteiger partial charge in [-0.25, -0.2) is 0 Å². The summed E-state index contributed by atoms with van der Waals surface area (Å²) < 4.78 is 0. The molecule has 0 saturated carbocycles. The molecule has 1 amide bonds. The Morgan fingerprint density at radius 2 is 1.89 bits per heavy atom. The zero-order chi connectivity index (χ0) is 19.1. The number of amides is 1. The number of benzene rings is 2. The monoisotopic (exact) mass is 414 g/mol. The quantitative estimate of drug-likeness (QED) is 0.705. The second-order valence-electron chi connectivity index (χ2n) is 5.96. The summed E-state index contributed by atoms with van der Waals surface area (Å²) in [4.78, 5) is 16.5. The lowest BCUT2D eigenvalue weighted by molar-refractivity contribution is -0.114. The first-order chi connectivity index (χ1) is 12.9. The van der Waals surface area contributed by atoms with Gasteiger partial charge in [-0.1, -0.05) is 59.1 Å². The van der Waals surface area contributed by atoms with Crippen LogP contribution < -0.4 is 0 Å². The zero-order valence-corrected chi connectivity index (χ0v) is 16.4. The number of aliphatic imine (C=N–C) groups is 1. The number of nitrogens with zero attached hydrogens (tertiary/aromatic N) is 3. The van der Waals surface area contributed by atoms with E-state index in [9.17, 15) is 4.79 Å². The fourth-order valence-corrected chi connectivity index (χ4v) is 3.94. The number of hydrazone groups is 1. The Morgan fingerprint density at radius 3 is 2.59 bits per heavy atom. The van der Waals surface area contributed by atoms with E-state index in [-0.39, 0.29) is 11.4 Å². The molecule has 4 rings (SSSR count). The molecule has 0 atom stereocenters. The van der Waals surface area contributed by atoms with Gasteiger partial charge < -0.3 is 0 Å². The zero-order valence-electron chi connectivity index (χ0n) is 14.0. The van der Waals surface area contributed by atoms with Gasteiger partial charge in [-0.2, -0.15) is 15.1 Å². The first-order valence-corrected chi connectivity index (χ1v) is 9.52. The van der Waals surface area contributed by atoms with Crippen LogP contribution in [0, 0.1) is 12.3 Å². The van der Waals surface area contributed by atoms with Crippen LogP contribution in [-0.4, -0.2) is 27.0 Å². The molecule has 0 unspecified atom stereocenters. The molecule has 8 heteroatoms. The first-order valence-electron chi connectivity index (χ1n) is 7.95. The number of halogens is 2. The van der Waals surface area contributed by atoms with E-state index in [1.54, 1.807) is 18.2 Å². The maximum Gasteiger partial charge on any atom is 0.283 e. The van der Waals surface area contributed by atoms with Crippen molar-refractivity contribution in [2.24, 2.45) is 10.1 Å². The second-order valence-corrected chi connectivity index (χ2v) is 7.76. The van der Waals surface area contributed by atoms with Crippen LogP contribution in [0.5, 0.6) is 0 Å². The third-order valence-corrected chi connectivity index (χ3v) is 5.54. The number of rotatable bonds is 2. The molecule has 0 aliphatic carbocycles. The lowest BCUT2D eigenvalue weighted by Crippen LogP contribution is -2.35. The summed E-state index contributed by atoms with van der Waals surface area (Å²) in [5.41, 5.74) is 2.76. The smallest absolute Gasteiger partial charge is 0.282 e. The van der Waals surface area contributed by atoms with Crippen LogP contribution in [-0.2, 0) is 4.79 Å². The van der Waals surface area contributed by atoms with E-state index in [2.05, 4.69) is 10.1 Å². The number of hydrogen-bond acceptors (Lipinski definition) is 4. The number of thioether (sulfide) groups is 1. The topological polar surface area (TPSA) is 68.9 Å². The van der Waals surface area contributed by atoms with Crippen molar-refractivity contribution in [1.29, 1.82) is 5.41 Å². The minimum absolute atomic E-state index is 0.0365. The summed E-state index contributed by atoms with van der Waals surface area (Å²) in [6.45, 7) is 2.01. The van der Waals surface area contributed by atoms with Crippen LogP contribution in [0.2, 0.25) is 10.0 Å². The normalized spacial score (nSPS) is 17.9. The minimum Gasteiger partial charge on any atom is -0.282 e. The predicted octanol–water partition coefficient (Wildman–Crippen LogP) is 4.97. The Labute approximate surface area is 169 Å². The molecule has 2 aliphatic heterocycles. The van der Waals surface area contributed by atoms with Crippen LogP contribution in [0.4, 0.5) is 0 Å². The summed E-state index contributed by atoms with van der Waals surface area (Å²) in [6, 6.07) is 12.8. The molecule has 0 spiro atoms. The molecule has 1 N–H and O–H groups in total. The highest BCUT2D eigenvalue weighted by molar-refractivity contribution is 8.27. The summed E-state index contributed by atoms with van der Waals surface area (Å²) in [5.74, 6) is -0.532. The van der Waals surface area contributed by atoms with E-state index in [1.807, 2.05) is 31.2 Å². The fourth-order valence-electron chi connectivity index (χ4n) is 2.58. The molecule has 134 valence electrons. The van der Waals surface area contributed by atoms with Crippen LogP contribution in [0.3, 0.4) is 0 Å². The fraction of sp³-hybridized carbons (Fsp3) is 0.0526. The van der Waals surface area contributed by atoms with Crippen molar-refractivity contribution < 1.29 is 4.79 Å². The molecule has 0 saturated heterocycles. The van der Waals surface area contributed by atoms with E-state index < -0.39 is 5.91 Å². The van der Waals surface area contributed by atoms with Crippen molar-refractivity contribution in [2.45, 2.75) is 6.92 Å². The number of hydrogen-bond donors (Lipinski definition) is 1. The van der Waals surface area contributed by atoms with Gasteiger partial charge >= 0.3 is 0 Å². The third kappa shape index (κ3) is 3.43. The molecule has 5 nitrogen and oxygen atoms in total. The Bertz CT molecular complexity index is 1070. The number of fused-ring (bicyclic) bond motifs is 1. The van der Waals surface area contributed by atoms with E-state index in [1.165, 1.54) is 22.8 Å². The van der Waals surface area contributed by atoms with Gasteiger partial charge in [-0.3, -0.25) is 10.2 Å². The first kappa shape index (κ1) is 18.0. The second kappa shape index (κ2) is 6.96. The molecule has 2 aliphatic rings. The Hall–Kier alpha value is -2.41. The summed E-state index contributed by atoms with van der Waals surface area (Å²) in [5, 5.41) is 16.2. The van der Waals surface area contributed by atoms with Crippen molar-refractivity contribution in [3.8, 4) is 0 Å². The maximum absolute atomic E-state index is 12.5. The summed E-state index contributed by atoms with van der Waals surface area (Å²) >= 11 is 13.4. The predicted molar refractivity (Wildman–Crippen MR) is 112 cm³/mol. The van der Waals surface area contributed by atoms with E-state index in [4.69, 9.17) is 28.6 Å². The highest BCUT2D eigenvalue weighted by atomic mass is 35.5. The average molecular weight is 415 g/mol. The number of amidine groups is 2. The number of carbonyl (C=O) groups is 1. The van der Waals surface area contributed by atoms with Gasteiger partial charge in [-0.15, -0.1) is 0 Å². The molecule has 2 heterocycles. The van der Waals surface area contributed by atoms with E-state index in [0.717, 1.165) is 11.1 Å². The van der Waals surface area contributed by atoms with Gasteiger partial charge in [0.15, 0.2) is 5.84 Å². The van der Waals surface area contributed by atoms with E-state index in [0.29, 0.717) is 25.8 Å². The lowest BCUT2D eigenvalue weighted by atomic mass is 10.1. The average Bonchev–Trinajstić information content (AvgIpc) is 3.05. The van der Waals surface area contributed by atoms with Gasteiger partial charge in [0.05, 0.1) is 5.57 Å². The molecule has 0 bridgehead atoms. The largest absolute Gasteiger partial charge is 0.283 e. The number of nitrogens with one attached hydrogen (secondary N) is 1. The van der Waals surface area contributed by atoms with Crippen LogP contribution in [0.15, 0.2) is 58.1 Å². The van der Waals surface area contributed by atoms with Gasteiger partial charge in [-0.05, 0) is 42.5 Å². The Morgan fingerprint density at radius 1 is 1.15 bits per heavy atom. The molecular weight excluding hydrogens is 403 g/mol. The van der Waals surface area contributed by atoms with Gasteiger partial charge in [0.25, 0.3) is 5.91 Å². The molecular formula is C19H12Cl2N4OS. The van der Waals surface area contributed by atoms with Crippen molar-refractivity contribution in [2.75, 3.05) is 0 Å². The van der Waals surface area contributed by atoms with E-state index >= 15 is 0 Å². The highest BCUT2D eigenvalue weighted by Gasteiger charge is 2.36. The standard InChI is InChI=1S/C19H12Cl2N4OS/c1-10-2-4-11(5-3-10)18-24-25-16(22)14(17(26)23-19(25)27-18)8-12-6-7-13(20)9-15(12)21/h2-9,22H,1H3/b14-8-,22-16?. The number of aryl methyl sites for hydroxylation is 1. The molecule has 27 heavy (non-hydrogen) atoms. The van der Waals surface area contributed by atoms with Crippen molar-refractivity contribution in [1.82, 2.24) is 5.01 Å². The molecule has 2 aromatic rings. The van der Waals surface area contributed by atoms with Gasteiger partial charge in [0, 0.05) is 15.6 Å². The van der Waals surface area contributed by atoms with Crippen LogP contribution in [0.1, 0.15) is 16.7 Å². The summed E-state index contributed by atoms with van der Waals surface area (Å²) in [6.07, 6.45) is 1.54. The lowest BCUT2D eigenvalue weighted by Gasteiger charge is -2.20. The minimum atomic E-state index is -0.495. The van der Waals surface area contributed by atoms with Gasteiger partial charge in [0.1, 0.15) is 5.04 Å². The molecule has 2 aromatic carbocycles. The maximum atomic E-state index is 12.5. The summed E-state index contributed by atoms with van der Waals surface area (Å²) in [7, 11) is 0. The van der Waals surface area contributed by atoms with Crippen molar-refractivity contribution in [3.05, 3.63) is 74.8 Å². The molecule has 0 radical (unpaired) electrons. The van der Waals surface area contributed by atoms with Crippen molar-refractivity contribution in [3.63, 3.8) is 0 Å². The third-order valence-electron chi connectivity index (χ3n) is 4.02. The molecule has 0 fully saturated rings. The number of carbonyl (C=O) groups excluding carboxylic acids is 1. The van der Waals surface area contributed by atoms with Crippen molar-refractivity contribution >= 4 is 63.0 Å².